The number of likely N-dealkylation sites (tertiary alicyclic amines) is 1. The Labute approximate surface area is 183 Å². The average molecular weight is 414 g/mol. The molecule has 31 heavy (non-hydrogen) atoms. The summed E-state index contributed by atoms with van der Waals surface area (Å²) >= 11 is 0. The first-order chi connectivity index (χ1) is 15.2. The van der Waals surface area contributed by atoms with Crippen molar-refractivity contribution in [2.75, 3.05) is 13.1 Å². The number of rotatable bonds is 8. The number of hydrogen-bond donors (Lipinski definition) is 1. The third-order valence-electron chi connectivity index (χ3n) is 5.29. The number of amides is 1. The van der Waals surface area contributed by atoms with Crippen LogP contribution in [0.25, 0.3) is 6.08 Å². The van der Waals surface area contributed by atoms with Gasteiger partial charge in [-0.05, 0) is 47.9 Å². The molecule has 2 heterocycles. The Morgan fingerprint density at radius 1 is 1.06 bits per heavy atom. The minimum atomic E-state index is -0.0537. The lowest BCUT2D eigenvalue weighted by molar-refractivity contribution is -0.117. The maximum absolute atomic E-state index is 12.3. The molecule has 1 amide bonds. The van der Waals surface area contributed by atoms with Crippen LogP contribution >= 0.6 is 0 Å². The summed E-state index contributed by atoms with van der Waals surface area (Å²) in [6.45, 7) is 3.25. The zero-order valence-corrected chi connectivity index (χ0v) is 17.5. The second-order valence-corrected chi connectivity index (χ2v) is 7.73. The molecular formula is C26H27N3O2. The fourth-order valence-corrected chi connectivity index (χ4v) is 3.67. The molecule has 0 saturated carbocycles. The lowest BCUT2D eigenvalue weighted by atomic mass is 10.2. The van der Waals surface area contributed by atoms with Crippen molar-refractivity contribution >= 4 is 12.0 Å². The van der Waals surface area contributed by atoms with Crippen LogP contribution in [-0.4, -0.2) is 34.9 Å². The number of pyridine rings is 1. The SMILES string of the molecule is O=C(/C=C/c1ccc(OCc2ccccn2)cc1)NC1CCN(Cc2ccccc2)C1. The molecule has 1 aromatic heterocycles. The highest BCUT2D eigenvalue weighted by atomic mass is 16.5. The molecule has 0 radical (unpaired) electrons. The van der Waals surface area contributed by atoms with E-state index in [1.165, 1.54) is 5.56 Å². The highest BCUT2D eigenvalue weighted by Gasteiger charge is 2.23. The van der Waals surface area contributed by atoms with Crippen molar-refractivity contribution in [2.45, 2.75) is 25.6 Å². The van der Waals surface area contributed by atoms with Crippen molar-refractivity contribution in [3.63, 3.8) is 0 Å². The first-order valence-corrected chi connectivity index (χ1v) is 10.6. The lowest BCUT2D eigenvalue weighted by Crippen LogP contribution is -2.35. The van der Waals surface area contributed by atoms with E-state index in [4.69, 9.17) is 4.74 Å². The molecule has 0 spiro atoms. The van der Waals surface area contributed by atoms with Crippen molar-refractivity contribution < 1.29 is 9.53 Å². The molecule has 1 saturated heterocycles. The van der Waals surface area contributed by atoms with Crippen LogP contribution in [0.3, 0.4) is 0 Å². The van der Waals surface area contributed by atoms with E-state index in [-0.39, 0.29) is 11.9 Å². The van der Waals surface area contributed by atoms with Gasteiger partial charge in [-0.15, -0.1) is 0 Å². The van der Waals surface area contributed by atoms with Gasteiger partial charge in [0.05, 0.1) is 5.69 Å². The Kier molecular flexibility index (Phi) is 7.08. The number of nitrogens with zero attached hydrogens (tertiary/aromatic N) is 2. The van der Waals surface area contributed by atoms with Crippen molar-refractivity contribution in [2.24, 2.45) is 0 Å². The zero-order chi connectivity index (χ0) is 21.3. The van der Waals surface area contributed by atoms with Crippen molar-refractivity contribution in [1.29, 1.82) is 0 Å². The summed E-state index contributed by atoms with van der Waals surface area (Å²) in [6.07, 6.45) is 6.16. The minimum Gasteiger partial charge on any atom is -0.487 e. The minimum absolute atomic E-state index is 0.0537. The molecule has 1 unspecified atom stereocenters. The van der Waals surface area contributed by atoms with Gasteiger partial charge in [-0.1, -0.05) is 48.5 Å². The van der Waals surface area contributed by atoms with Crippen molar-refractivity contribution in [1.82, 2.24) is 15.2 Å². The Morgan fingerprint density at radius 3 is 2.65 bits per heavy atom. The van der Waals surface area contributed by atoms with Crippen molar-refractivity contribution in [3.05, 3.63) is 102 Å². The molecular weight excluding hydrogens is 386 g/mol. The molecule has 158 valence electrons. The molecule has 0 aliphatic carbocycles. The van der Waals surface area contributed by atoms with E-state index >= 15 is 0 Å². The van der Waals surface area contributed by atoms with Crippen LogP contribution in [0.15, 0.2) is 85.1 Å². The van der Waals surface area contributed by atoms with E-state index in [1.807, 2.05) is 54.6 Å². The second kappa shape index (κ2) is 10.5. The van der Waals surface area contributed by atoms with E-state index in [2.05, 4.69) is 39.5 Å². The lowest BCUT2D eigenvalue weighted by Gasteiger charge is -2.16. The quantitative estimate of drug-likeness (QED) is 0.566. The van der Waals surface area contributed by atoms with E-state index in [9.17, 15) is 4.79 Å². The molecule has 1 fully saturated rings. The first-order valence-electron chi connectivity index (χ1n) is 10.6. The number of aromatic nitrogens is 1. The van der Waals surface area contributed by atoms with Crippen LogP contribution in [0.5, 0.6) is 5.75 Å². The summed E-state index contributed by atoms with van der Waals surface area (Å²) in [4.78, 5) is 18.9. The highest BCUT2D eigenvalue weighted by Crippen LogP contribution is 2.15. The van der Waals surface area contributed by atoms with Crippen LogP contribution in [0.2, 0.25) is 0 Å². The van der Waals surface area contributed by atoms with Gasteiger partial charge in [0, 0.05) is 37.9 Å². The topological polar surface area (TPSA) is 54.5 Å². The number of nitrogens with one attached hydrogen (secondary N) is 1. The Morgan fingerprint density at radius 2 is 1.87 bits per heavy atom. The van der Waals surface area contributed by atoms with Gasteiger partial charge in [0.2, 0.25) is 5.91 Å². The van der Waals surface area contributed by atoms with Crippen LogP contribution in [0.1, 0.15) is 23.2 Å². The van der Waals surface area contributed by atoms with Gasteiger partial charge in [0.1, 0.15) is 12.4 Å². The van der Waals surface area contributed by atoms with Gasteiger partial charge >= 0.3 is 0 Å². The van der Waals surface area contributed by atoms with Crippen LogP contribution in [-0.2, 0) is 17.9 Å². The summed E-state index contributed by atoms with van der Waals surface area (Å²) in [6, 6.07) is 24.1. The van der Waals surface area contributed by atoms with E-state index in [1.54, 1.807) is 12.3 Å². The highest BCUT2D eigenvalue weighted by molar-refractivity contribution is 5.91. The predicted molar refractivity (Wildman–Crippen MR) is 122 cm³/mol. The van der Waals surface area contributed by atoms with Crippen LogP contribution in [0.4, 0.5) is 0 Å². The molecule has 1 atom stereocenters. The summed E-state index contributed by atoms with van der Waals surface area (Å²) in [5.41, 5.74) is 3.15. The molecule has 4 rings (SSSR count). The average Bonchev–Trinajstić information content (AvgIpc) is 3.25. The number of ether oxygens (including phenoxy) is 1. The van der Waals surface area contributed by atoms with Gasteiger partial charge in [-0.3, -0.25) is 14.7 Å². The third kappa shape index (κ3) is 6.52. The van der Waals surface area contributed by atoms with Gasteiger partial charge in [-0.25, -0.2) is 0 Å². The molecule has 2 aromatic carbocycles. The van der Waals surface area contributed by atoms with Gasteiger partial charge in [0.25, 0.3) is 0 Å². The summed E-state index contributed by atoms with van der Waals surface area (Å²) < 4.78 is 5.74. The number of benzene rings is 2. The van der Waals surface area contributed by atoms with Gasteiger partial charge in [0.15, 0.2) is 0 Å². The standard InChI is InChI=1S/C26H27N3O2/c30-26(28-23-15-17-29(19-23)18-22-6-2-1-3-7-22)14-11-21-9-12-25(13-10-21)31-20-24-8-4-5-16-27-24/h1-14,16,23H,15,17-20H2,(H,28,30)/b14-11+. The molecule has 1 aliphatic rings. The second-order valence-electron chi connectivity index (χ2n) is 7.73. The predicted octanol–water partition coefficient (Wildman–Crippen LogP) is 4.06. The molecule has 0 bridgehead atoms. The van der Waals surface area contributed by atoms with Crippen molar-refractivity contribution in [3.8, 4) is 5.75 Å². The fourth-order valence-electron chi connectivity index (χ4n) is 3.67. The number of carbonyl (C=O) groups excluding carboxylic acids is 1. The number of carbonyl (C=O) groups is 1. The molecule has 5 heteroatoms. The first kappa shape index (κ1) is 20.8. The maximum atomic E-state index is 12.3. The van der Waals surface area contributed by atoms with E-state index in [0.717, 1.165) is 43.1 Å². The summed E-state index contributed by atoms with van der Waals surface area (Å²) in [7, 11) is 0. The largest absolute Gasteiger partial charge is 0.487 e. The van der Waals surface area contributed by atoms with Crippen LogP contribution < -0.4 is 10.1 Å². The van der Waals surface area contributed by atoms with E-state index < -0.39 is 0 Å². The maximum Gasteiger partial charge on any atom is 0.244 e. The summed E-state index contributed by atoms with van der Waals surface area (Å²) in [5.74, 6) is 0.721. The molecule has 1 N–H and O–H groups in total. The smallest absolute Gasteiger partial charge is 0.244 e. The van der Waals surface area contributed by atoms with Gasteiger partial charge in [-0.2, -0.15) is 0 Å². The summed E-state index contributed by atoms with van der Waals surface area (Å²) in [5, 5.41) is 3.12. The monoisotopic (exact) mass is 413 g/mol. The molecule has 5 nitrogen and oxygen atoms in total. The van der Waals surface area contributed by atoms with Crippen LogP contribution in [0, 0.1) is 0 Å². The molecule has 1 aliphatic heterocycles. The number of hydrogen-bond acceptors (Lipinski definition) is 4. The fraction of sp³-hybridized carbons (Fsp3) is 0.231. The third-order valence-corrected chi connectivity index (χ3v) is 5.29. The Hall–Kier alpha value is -3.44. The Balaban J connectivity index is 1.21. The van der Waals surface area contributed by atoms with Gasteiger partial charge < -0.3 is 10.1 Å². The van der Waals surface area contributed by atoms with E-state index in [0.29, 0.717) is 6.61 Å². The zero-order valence-electron chi connectivity index (χ0n) is 17.5. The Bertz CT molecular complexity index is 988. The molecule has 3 aromatic rings. The normalized spacial score (nSPS) is 16.5.